The summed E-state index contributed by atoms with van der Waals surface area (Å²) >= 11 is 0. The molecule has 378 valence electrons. The maximum Gasteiger partial charge on any atom is 0.306 e. The minimum atomic E-state index is -0.811. The summed E-state index contributed by atoms with van der Waals surface area (Å²) in [6.07, 6.45) is 70.4. The number of carbonyl (C=O) groups excluding carboxylic acids is 2. The molecule has 0 fully saturated rings. The van der Waals surface area contributed by atoms with Crippen LogP contribution in [0.3, 0.4) is 0 Å². The number of ether oxygens (including phenoxy) is 1. The van der Waals surface area contributed by atoms with Crippen LogP contribution in [0.4, 0.5) is 0 Å². The van der Waals surface area contributed by atoms with Crippen molar-refractivity contribution < 1.29 is 24.5 Å². The number of amides is 1. The molecule has 0 saturated carbocycles. The van der Waals surface area contributed by atoms with E-state index in [9.17, 15) is 19.8 Å². The minimum absolute atomic E-state index is 0.0287. The van der Waals surface area contributed by atoms with Crippen LogP contribution in [-0.2, 0) is 14.3 Å². The van der Waals surface area contributed by atoms with E-state index in [0.717, 1.165) is 96.3 Å². The SMILES string of the molecule is CC/C=C\C/C=C\C/C=C\C/C=C\C/C=C\CCCC(CC(=O)NC(CO)C(O)CCCCCCCCCCCCCCCCC)OC(=O)CCCCCCCCC/C=C/C=C/C=C/CC. The quantitative estimate of drug-likeness (QED) is 0.0245. The number of aliphatic hydroxyl groups is 2. The molecule has 3 N–H and O–H groups in total. The minimum Gasteiger partial charge on any atom is -0.462 e. The van der Waals surface area contributed by atoms with Crippen LogP contribution in [0.5, 0.6) is 0 Å². The fraction of sp³-hybridized carbons (Fsp3) is 0.700. The van der Waals surface area contributed by atoms with Gasteiger partial charge < -0.3 is 20.3 Å². The molecule has 66 heavy (non-hydrogen) atoms. The number of hydrogen-bond acceptors (Lipinski definition) is 5. The second-order valence-electron chi connectivity index (χ2n) is 18.3. The molecule has 3 unspecified atom stereocenters. The van der Waals surface area contributed by atoms with Gasteiger partial charge in [0.05, 0.1) is 25.2 Å². The first kappa shape index (κ1) is 62.8. The van der Waals surface area contributed by atoms with Gasteiger partial charge in [0.15, 0.2) is 0 Å². The second-order valence-corrected chi connectivity index (χ2v) is 18.3. The molecule has 0 saturated heterocycles. The Balaban J connectivity index is 4.70. The number of allylic oxidation sites excluding steroid dienone is 16. The van der Waals surface area contributed by atoms with Crippen LogP contribution in [0.25, 0.3) is 0 Å². The molecule has 0 aromatic heterocycles. The van der Waals surface area contributed by atoms with E-state index in [1.807, 2.05) is 0 Å². The first-order valence-electron chi connectivity index (χ1n) is 27.5. The summed E-state index contributed by atoms with van der Waals surface area (Å²) in [5, 5.41) is 23.8. The molecule has 3 atom stereocenters. The van der Waals surface area contributed by atoms with Crippen molar-refractivity contribution in [2.45, 2.75) is 264 Å². The zero-order valence-corrected chi connectivity index (χ0v) is 43.0. The maximum atomic E-state index is 13.2. The van der Waals surface area contributed by atoms with Crippen LogP contribution < -0.4 is 5.32 Å². The molecule has 0 aromatic carbocycles. The van der Waals surface area contributed by atoms with Gasteiger partial charge in [0.2, 0.25) is 5.91 Å². The molecular formula is C60H103NO5. The number of hydrogen-bond donors (Lipinski definition) is 3. The largest absolute Gasteiger partial charge is 0.462 e. The number of aliphatic hydroxyl groups excluding tert-OH is 2. The molecule has 6 nitrogen and oxygen atoms in total. The van der Waals surface area contributed by atoms with E-state index in [1.165, 1.54) is 103 Å². The van der Waals surface area contributed by atoms with E-state index < -0.39 is 18.2 Å². The van der Waals surface area contributed by atoms with Crippen LogP contribution in [0.1, 0.15) is 245 Å². The van der Waals surface area contributed by atoms with Gasteiger partial charge in [0.25, 0.3) is 0 Å². The number of esters is 1. The van der Waals surface area contributed by atoms with E-state index in [2.05, 4.69) is 123 Å². The third-order valence-electron chi connectivity index (χ3n) is 12.0. The Morgan fingerprint density at radius 3 is 1.42 bits per heavy atom. The number of unbranched alkanes of at least 4 members (excludes halogenated alkanes) is 22. The van der Waals surface area contributed by atoms with E-state index >= 15 is 0 Å². The lowest BCUT2D eigenvalue weighted by Gasteiger charge is -2.24. The van der Waals surface area contributed by atoms with Crippen molar-refractivity contribution in [3.63, 3.8) is 0 Å². The average Bonchev–Trinajstić information content (AvgIpc) is 3.31. The van der Waals surface area contributed by atoms with Crippen molar-refractivity contribution in [1.82, 2.24) is 5.32 Å². The van der Waals surface area contributed by atoms with Gasteiger partial charge in [-0.15, -0.1) is 0 Å². The van der Waals surface area contributed by atoms with Crippen LogP contribution in [-0.4, -0.2) is 46.9 Å². The van der Waals surface area contributed by atoms with Gasteiger partial charge in [-0.3, -0.25) is 9.59 Å². The summed E-state index contributed by atoms with van der Waals surface area (Å²) in [7, 11) is 0. The Labute approximate surface area is 407 Å². The Hall–Kier alpha value is -3.22. The monoisotopic (exact) mass is 918 g/mol. The van der Waals surface area contributed by atoms with E-state index in [1.54, 1.807) is 0 Å². The molecule has 0 aliphatic carbocycles. The Morgan fingerprint density at radius 1 is 0.470 bits per heavy atom. The highest BCUT2D eigenvalue weighted by atomic mass is 16.5. The summed E-state index contributed by atoms with van der Waals surface area (Å²) in [5.74, 6) is -0.547. The van der Waals surface area contributed by atoms with Gasteiger partial charge in [-0.25, -0.2) is 0 Å². The van der Waals surface area contributed by atoms with Gasteiger partial charge in [0.1, 0.15) is 6.10 Å². The zero-order chi connectivity index (χ0) is 48.1. The molecule has 0 aliphatic heterocycles. The van der Waals surface area contributed by atoms with Crippen LogP contribution in [0.15, 0.2) is 97.2 Å². The van der Waals surface area contributed by atoms with Crippen molar-refractivity contribution in [2.75, 3.05) is 6.61 Å². The topological polar surface area (TPSA) is 95.9 Å². The van der Waals surface area contributed by atoms with Crippen molar-refractivity contribution in [1.29, 1.82) is 0 Å². The van der Waals surface area contributed by atoms with Gasteiger partial charge in [-0.1, -0.05) is 246 Å². The van der Waals surface area contributed by atoms with Gasteiger partial charge >= 0.3 is 5.97 Å². The first-order chi connectivity index (χ1) is 32.5. The van der Waals surface area contributed by atoms with E-state index in [4.69, 9.17) is 4.74 Å². The fourth-order valence-electron chi connectivity index (χ4n) is 7.87. The van der Waals surface area contributed by atoms with E-state index in [0.29, 0.717) is 19.3 Å². The Bertz CT molecular complexity index is 1310. The first-order valence-corrected chi connectivity index (χ1v) is 27.5. The molecule has 0 aliphatic rings. The maximum absolute atomic E-state index is 13.2. The predicted octanol–water partition coefficient (Wildman–Crippen LogP) is 16.9. The molecule has 0 aromatic rings. The number of rotatable bonds is 48. The van der Waals surface area contributed by atoms with E-state index in [-0.39, 0.29) is 24.9 Å². The van der Waals surface area contributed by atoms with Crippen LogP contribution in [0, 0.1) is 0 Å². The molecule has 0 bridgehead atoms. The van der Waals surface area contributed by atoms with Gasteiger partial charge in [-0.05, 0) is 83.5 Å². The van der Waals surface area contributed by atoms with Crippen molar-refractivity contribution in [3.8, 4) is 0 Å². The Morgan fingerprint density at radius 2 is 0.909 bits per heavy atom. The average molecular weight is 918 g/mol. The second kappa shape index (κ2) is 52.7. The van der Waals surface area contributed by atoms with Gasteiger partial charge in [0, 0.05) is 6.42 Å². The summed E-state index contributed by atoms with van der Waals surface area (Å²) in [5.41, 5.74) is 0. The molecule has 6 heteroatoms. The molecule has 0 spiro atoms. The van der Waals surface area contributed by atoms with Crippen molar-refractivity contribution in [2.24, 2.45) is 0 Å². The summed E-state index contributed by atoms with van der Waals surface area (Å²) < 4.78 is 5.92. The molecule has 0 radical (unpaired) electrons. The third kappa shape index (κ3) is 47.3. The Kier molecular flexibility index (Phi) is 50.2. The van der Waals surface area contributed by atoms with Crippen LogP contribution in [0.2, 0.25) is 0 Å². The lowest BCUT2D eigenvalue weighted by Crippen LogP contribution is -2.46. The molecular weight excluding hydrogens is 815 g/mol. The smallest absolute Gasteiger partial charge is 0.306 e. The molecule has 0 rings (SSSR count). The molecule has 0 heterocycles. The number of nitrogens with one attached hydrogen (secondary N) is 1. The zero-order valence-electron chi connectivity index (χ0n) is 43.0. The fourth-order valence-corrected chi connectivity index (χ4v) is 7.87. The van der Waals surface area contributed by atoms with Gasteiger partial charge in [-0.2, -0.15) is 0 Å². The standard InChI is InChI=1S/C60H103NO5/c1-4-7-10-13-16-19-22-25-28-29-32-33-36-39-42-45-48-51-56(66-60(65)53-50-47-44-41-38-35-31-27-24-21-18-15-12-9-6-3)54-59(64)61-57(55-62)58(63)52-49-46-43-40-37-34-30-26-23-20-17-14-11-8-5-2/h7,9-10,12,15-16,18-19,21,24-25,28,32-33,39,42,56-58,62-63H,4-6,8,11,13-14,17,20,22-23,26-27,29-31,34-38,40-41,43-55H2,1-3H3,(H,61,64)/b10-7-,12-9+,18-15+,19-16-,24-21+,28-25-,33-32-,42-39-. The highest BCUT2D eigenvalue weighted by molar-refractivity contribution is 5.77. The summed E-state index contributed by atoms with van der Waals surface area (Å²) in [6, 6.07) is -0.728. The number of carbonyl (C=O) groups is 2. The predicted molar refractivity (Wildman–Crippen MR) is 287 cm³/mol. The van der Waals surface area contributed by atoms with Crippen molar-refractivity contribution in [3.05, 3.63) is 97.2 Å². The normalized spacial score (nSPS) is 14.0. The third-order valence-corrected chi connectivity index (χ3v) is 12.0. The van der Waals surface area contributed by atoms with Crippen LogP contribution >= 0.6 is 0 Å². The summed E-state index contributed by atoms with van der Waals surface area (Å²) in [6.45, 7) is 6.23. The summed E-state index contributed by atoms with van der Waals surface area (Å²) in [4.78, 5) is 26.2. The lowest BCUT2D eigenvalue weighted by molar-refractivity contribution is -0.151. The lowest BCUT2D eigenvalue weighted by atomic mass is 10.0. The highest BCUT2D eigenvalue weighted by Crippen LogP contribution is 2.17. The highest BCUT2D eigenvalue weighted by Gasteiger charge is 2.24. The van der Waals surface area contributed by atoms with Crippen molar-refractivity contribution >= 4 is 11.9 Å². The molecule has 1 amide bonds.